The van der Waals surface area contributed by atoms with Crippen molar-refractivity contribution in [2.24, 2.45) is 0 Å². The molecule has 140 valence electrons. The second kappa shape index (κ2) is 7.87. The molecule has 7 nitrogen and oxygen atoms in total. The Labute approximate surface area is 161 Å². The van der Waals surface area contributed by atoms with Crippen molar-refractivity contribution in [1.29, 1.82) is 0 Å². The summed E-state index contributed by atoms with van der Waals surface area (Å²) < 4.78 is 5.47. The summed E-state index contributed by atoms with van der Waals surface area (Å²) in [5, 5.41) is 5.49. The number of hydrogen-bond donors (Lipinski definition) is 2. The standard InChI is InChI=1S/C21H18N4O3/c26-19(15-6-7-16-11-23-20(27)18(16)10-15)22-8-9-28-21-24-12-17(13-25-21)14-4-2-1-3-5-14/h1-7,10,12-13H,8-9,11H2,(H,22,26)(H,23,27). The van der Waals surface area contributed by atoms with Gasteiger partial charge in [-0.05, 0) is 23.3 Å². The van der Waals surface area contributed by atoms with Crippen molar-refractivity contribution in [3.05, 3.63) is 77.6 Å². The first-order valence-electron chi connectivity index (χ1n) is 8.90. The lowest BCUT2D eigenvalue weighted by atomic mass is 10.1. The molecule has 2 aromatic carbocycles. The highest BCUT2D eigenvalue weighted by atomic mass is 16.5. The van der Waals surface area contributed by atoms with Crippen LogP contribution in [0.2, 0.25) is 0 Å². The molecule has 4 rings (SSSR count). The largest absolute Gasteiger partial charge is 0.462 e. The number of aromatic nitrogens is 2. The number of carbonyl (C=O) groups is 2. The van der Waals surface area contributed by atoms with E-state index in [4.69, 9.17) is 4.74 Å². The molecule has 7 heteroatoms. The molecule has 1 aliphatic rings. The molecule has 28 heavy (non-hydrogen) atoms. The summed E-state index contributed by atoms with van der Waals surface area (Å²) in [5.41, 5.74) is 3.84. The van der Waals surface area contributed by atoms with Crippen molar-refractivity contribution < 1.29 is 14.3 Å². The third-order valence-electron chi connectivity index (χ3n) is 4.41. The number of nitrogens with one attached hydrogen (secondary N) is 2. The summed E-state index contributed by atoms with van der Waals surface area (Å²) in [7, 11) is 0. The normalized spacial score (nSPS) is 12.2. The topological polar surface area (TPSA) is 93.2 Å². The van der Waals surface area contributed by atoms with Crippen molar-refractivity contribution >= 4 is 11.8 Å². The molecular weight excluding hydrogens is 356 g/mol. The van der Waals surface area contributed by atoms with E-state index in [1.54, 1.807) is 30.6 Å². The molecule has 0 radical (unpaired) electrons. The van der Waals surface area contributed by atoms with Gasteiger partial charge < -0.3 is 15.4 Å². The molecule has 1 aromatic heterocycles. The molecule has 0 bridgehead atoms. The molecule has 0 saturated carbocycles. The Morgan fingerprint density at radius 3 is 2.64 bits per heavy atom. The van der Waals surface area contributed by atoms with Crippen LogP contribution in [0.3, 0.4) is 0 Å². The van der Waals surface area contributed by atoms with Crippen LogP contribution >= 0.6 is 0 Å². The highest BCUT2D eigenvalue weighted by Crippen LogP contribution is 2.18. The number of ether oxygens (including phenoxy) is 1. The van der Waals surface area contributed by atoms with E-state index >= 15 is 0 Å². The Kier molecular flexibility index (Phi) is 4.97. The molecule has 2 heterocycles. The van der Waals surface area contributed by atoms with Crippen molar-refractivity contribution in [3.63, 3.8) is 0 Å². The Bertz CT molecular complexity index is 1000. The van der Waals surface area contributed by atoms with E-state index in [1.807, 2.05) is 30.3 Å². The second-order valence-corrected chi connectivity index (χ2v) is 6.28. The van der Waals surface area contributed by atoms with Gasteiger partial charge in [0.1, 0.15) is 6.61 Å². The highest BCUT2D eigenvalue weighted by molar-refractivity contribution is 6.02. The number of hydrogen-bond acceptors (Lipinski definition) is 5. The van der Waals surface area contributed by atoms with Crippen LogP contribution in [-0.2, 0) is 6.54 Å². The van der Waals surface area contributed by atoms with E-state index in [1.165, 1.54) is 0 Å². The first kappa shape index (κ1) is 17.7. The number of benzene rings is 2. The number of fused-ring (bicyclic) bond motifs is 1. The van der Waals surface area contributed by atoms with Gasteiger partial charge in [0.2, 0.25) is 0 Å². The predicted octanol–water partition coefficient (Wildman–Crippen LogP) is 2.20. The fourth-order valence-electron chi connectivity index (χ4n) is 2.93. The molecule has 0 unspecified atom stereocenters. The minimum Gasteiger partial charge on any atom is -0.462 e. The van der Waals surface area contributed by atoms with Gasteiger partial charge in [0.05, 0.1) is 6.54 Å². The smallest absolute Gasteiger partial charge is 0.316 e. The predicted molar refractivity (Wildman–Crippen MR) is 103 cm³/mol. The summed E-state index contributed by atoms with van der Waals surface area (Å²) in [6.45, 7) is 1.04. The summed E-state index contributed by atoms with van der Waals surface area (Å²) in [4.78, 5) is 32.3. The van der Waals surface area contributed by atoms with Gasteiger partial charge in [-0.25, -0.2) is 9.97 Å². The molecule has 2 amide bonds. The van der Waals surface area contributed by atoms with Crippen LogP contribution in [0.25, 0.3) is 11.1 Å². The molecule has 3 aromatic rings. The maximum absolute atomic E-state index is 12.2. The Morgan fingerprint density at radius 2 is 1.86 bits per heavy atom. The molecule has 0 saturated heterocycles. The summed E-state index contributed by atoms with van der Waals surface area (Å²) in [5.74, 6) is -0.407. The fraction of sp³-hybridized carbons (Fsp3) is 0.143. The summed E-state index contributed by atoms with van der Waals surface area (Å²) in [6.07, 6.45) is 3.40. The minimum absolute atomic E-state index is 0.149. The van der Waals surface area contributed by atoms with Crippen LogP contribution in [0.15, 0.2) is 60.9 Å². The van der Waals surface area contributed by atoms with Crippen molar-refractivity contribution in [1.82, 2.24) is 20.6 Å². The zero-order chi connectivity index (χ0) is 19.3. The summed E-state index contributed by atoms with van der Waals surface area (Å²) >= 11 is 0. The van der Waals surface area contributed by atoms with Gasteiger partial charge in [-0.15, -0.1) is 0 Å². The first-order chi connectivity index (χ1) is 13.7. The van der Waals surface area contributed by atoms with Gasteiger partial charge in [0.25, 0.3) is 11.8 Å². The Hall–Kier alpha value is -3.74. The summed E-state index contributed by atoms with van der Waals surface area (Å²) in [6, 6.07) is 15.2. The highest BCUT2D eigenvalue weighted by Gasteiger charge is 2.20. The number of nitrogens with zero attached hydrogens (tertiary/aromatic N) is 2. The molecule has 0 fully saturated rings. The van der Waals surface area contributed by atoms with Crippen molar-refractivity contribution in [3.8, 4) is 17.1 Å². The van der Waals surface area contributed by atoms with E-state index in [-0.39, 0.29) is 24.4 Å². The number of amides is 2. The third-order valence-corrected chi connectivity index (χ3v) is 4.41. The van der Waals surface area contributed by atoms with Crippen LogP contribution in [0.1, 0.15) is 26.3 Å². The van der Waals surface area contributed by atoms with Crippen molar-refractivity contribution in [2.45, 2.75) is 6.54 Å². The molecule has 0 aliphatic carbocycles. The lowest BCUT2D eigenvalue weighted by Gasteiger charge is -2.08. The van der Waals surface area contributed by atoms with Gasteiger partial charge in [0, 0.05) is 35.6 Å². The zero-order valence-electron chi connectivity index (χ0n) is 15.0. The molecule has 0 atom stereocenters. The van der Waals surface area contributed by atoms with Gasteiger partial charge in [-0.2, -0.15) is 0 Å². The average Bonchev–Trinajstić information content (AvgIpc) is 3.12. The van der Waals surface area contributed by atoms with Gasteiger partial charge in [-0.1, -0.05) is 36.4 Å². The molecular formula is C21H18N4O3. The van der Waals surface area contributed by atoms with Crippen LogP contribution in [0.4, 0.5) is 0 Å². The third kappa shape index (κ3) is 3.83. The SMILES string of the molecule is O=C(NCCOc1ncc(-c2ccccc2)cn1)c1ccc2c(c1)C(=O)NC2. The maximum atomic E-state index is 12.2. The maximum Gasteiger partial charge on any atom is 0.316 e. The monoisotopic (exact) mass is 374 g/mol. The van der Waals surface area contributed by atoms with Crippen LogP contribution in [0.5, 0.6) is 6.01 Å². The van der Waals surface area contributed by atoms with E-state index in [0.717, 1.165) is 16.7 Å². The van der Waals surface area contributed by atoms with E-state index < -0.39 is 0 Å². The number of carbonyl (C=O) groups excluding carboxylic acids is 2. The van der Waals surface area contributed by atoms with E-state index in [0.29, 0.717) is 24.2 Å². The second-order valence-electron chi connectivity index (χ2n) is 6.28. The quantitative estimate of drug-likeness (QED) is 0.645. The van der Waals surface area contributed by atoms with E-state index in [2.05, 4.69) is 20.6 Å². The van der Waals surface area contributed by atoms with Crippen LogP contribution in [-0.4, -0.2) is 34.9 Å². The lowest BCUT2D eigenvalue weighted by molar-refractivity contribution is 0.0946. The lowest BCUT2D eigenvalue weighted by Crippen LogP contribution is -2.28. The van der Waals surface area contributed by atoms with E-state index in [9.17, 15) is 9.59 Å². The van der Waals surface area contributed by atoms with Crippen LogP contribution < -0.4 is 15.4 Å². The molecule has 0 spiro atoms. The minimum atomic E-state index is -0.258. The molecule has 2 N–H and O–H groups in total. The number of rotatable bonds is 6. The van der Waals surface area contributed by atoms with Crippen LogP contribution in [0, 0.1) is 0 Å². The Morgan fingerprint density at radius 1 is 1.07 bits per heavy atom. The first-order valence-corrected chi connectivity index (χ1v) is 8.90. The van der Waals surface area contributed by atoms with Crippen molar-refractivity contribution in [2.75, 3.05) is 13.2 Å². The molecule has 1 aliphatic heterocycles. The van der Waals surface area contributed by atoms with Gasteiger partial charge in [-0.3, -0.25) is 9.59 Å². The van der Waals surface area contributed by atoms with Gasteiger partial charge in [0.15, 0.2) is 0 Å². The average molecular weight is 374 g/mol. The van der Waals surface area contributed by atoms with Gasteiger partial charge >= 0.3 is 6.01 Å². The fourth-order valence-corrected chi connectivity index (χ4v) is 2.93. The zero-order valence-corrected chi connectivity index (χ0v) is 15.0. The Balaban J connectivity index is 1.27.